The van der Waals surface area contributed by atoms with E-state index >= 15 is 0 Å². The second-order valence-corrected chi connectivity index (χ2v) is 4.36. The standard InChI is InChI=1S/C11H19N3O/c12-8-11-14-13-10(15-11)7-9-5-3-1-2-4-6-9/h9H,1-8,12H2. The second-order valence-electron chi connectivity index (χ2n) is 4.36. The van der Waals surface area contributed by atoms with Crippen LogP contribution in [0.25, 0.3) is 0 Å². The summed E-state index contributed by atoms with van der Waals surface area (Å²) in [4.78, 5) is 0. The van der Waals surface area contributed by atoms with E-state index < -0.39 is 0 Å². The van der Waals surface area contributed by atoms with Crippen molar-refractivity contribution in [3.8, 4) is 0 Å². The molecule has 1 heterocycles. The SMILES string of the molecule is NCc1nnc(CC2CCCCCC2)o1. The minimum absolute atomic E-state index is 0.345. The lowest BCUT2D eigenvalue weighted by Gasteiger charge is -2.10. The van der Waals surface area contributed by atoms with Crippen molar-refractivity contribution in [3.63, 3.8) is 0 Å². The number of nitrogens with zero attached hydrogens (tertiary/aromatic N) is 2. The van der Waals surface area contributed by atoms with E-state index in [0.717, 1.165) is 18.2 Å². The van der Waals surface area contributed by atoms with E-state index in [0.29, 0.717) is 12.4 Å². The van der Waals surface area contributed by atoms with Crippen LogP contribution in [-0.2, 0) is 13.0 Å². The molecule has 1 aliphatic rings. The summed E-state index contributed by atoms with van der Waals surface area (Å²) in [5.74, 6) is 2.06. The van der Waals surface area contributed by atoms with Gasteiger partial charge in [-0.3, -0.25) is 0 Å². The van der Waals surface area contributed by atoms with Gasteiger partial charge in [0.25, 0.3) is 0 Å². The summed E-state index contributed by atoms with van der Waals surface area (Å²) in [6.45, 7) is 0.345. The van der Waals surface area contributed by atoms with Crippen LogP contribution in [0.15, 0.2) is 4.42 Å². The largest absolute Gasteiger partial charge is 0.424 e. The molecule has 0 bridgehead atoms. The highest BCUT2D eigenvalue weighted by Gasteiger charge is 2.16. The molecule has 0 atom stereocenters. The average Bonchev–Trinajstić information content (AvgIpc) is 2.54. The highest BCUT2D eigenvalue weighted by Crippen LogP contribution is 2.25. The van der Waals surface area contributed by atoms with Crippen LogP contribution < -0.4 is 5.73 Å². The van der Waals surface area contributed by atoms with E-state index in [4.69, 9.17) is 10.2 Å². The Morgan fingerprint density at radius 3 is 2.33 bits per heavy atom. The maximum Gasteiger partial charge on any atom is 0.230 e. The van der Waals surface area contributed by atoms with Gasteiger partial charge in [0.05, 0.1) is 6.54 Å². The lowest BCUT2D eigenvalue weighted by Crippen LogP contribution is -2.03. The fourth-order valence-corrected chi connectivity index (χ4v) is 2.27. The first-order valence-electron chi connectivity index (χ1n) is 5.90. The van der Waals surface area contributed by atoms with Crippen molar-refractivity contribution in [3.05, 3.63) is 11.8 Å². The van der Waals surface area contributed by atoms with Crippen LogP contribution in [0.4, 0.5) is 0 Å². The topological polar surface area (TPSA) is 64.9 Å². The van der Waals surface area contributed by atoms with Crippen LogP contribution in [0.1, 0.15) is 50.3 Å². The quantitative estimate of drug-likeness (QED) is 0.774. The molecule has 1 aromatic rings. The molecular weight excluding hydrogens is 190 g/mol. The van der Waals surface area contributed by atoms with Crippen molar-refractivity contribution in [1.82, 2.24) is 10.2 Å². The fraction of sp³-hybridized carbons (Fsp3) is 0.818. The van der Waals surface area contributed by atoms with Gasteiger partial charge in [-0.15, -0.1) is 10.2 Å². The third-order valence-corrected chi connectivity index (χ3v) is 3.12. The van der Waals surface area contributed by atoms with Gasteiger partial charge in [-0.1, -0.05) is 25.7 Å². The van der Waals surface area contributed by atoms with Gasteiger partial charge in [0.1, 0.15) is 0 Å². The van der Waals surface area contributed by atoms with Crippen LogP contribution in [-0.4, -0.2) is 10.2 Å². The van der Waals surface area contributed by atoms with Gasteiger partial charge in [0, 0.05) is 6.42 Å². The summed E-state index contributed by atoms with van der Waals surface area (Å²) in [5.41, 5.74) is 5.43. The average molecular weight is 209 g/mol. The fourth-order valence-electron chi connectivity index (χ4n) is 2.27. The van der Waals surface area contributed by atoms with Gasteiger partial charge >= 0.3 is 0 Å². The van der Waals surface area contributed by atoms with Crippen LogP contribution >= 0.6 is 0 Å². The smallest absolute Gasteiger partial charge is 0.230 e. The van der Waals surface area contributed by atoms with Crippen LogP contribution in [0.2, 0.25) is 0 Å². The van der Waals surface area contributed by atoms with E-state index in [1.165, 1.54) is 38.5 Å². The normalized spacial score (nSPS) is 19.0. The molecule has 0 amide bonds. The zero-order valence-corrected chi connectivity index (χ0v) is 9.11. The van der Waals surface area contributed by atoms with Gasteiger partial charge in [0.2, 0.25) is 11.8 Å². The Morgan fingerprint density at radius 2 is 1.73 bits per heavy atom. The molecule has 84 valence electrons. The Labute approximate surface area is 90.3 Å². The predicted octanol–water partition coefficient (Wildman–Crippen LogP) is 2.04. The van der Waals surface area contributed by atoms with E-state index in [9.17, 15) is 0 Å². The molecule has 2 N–H and O–H groups in total. The summed E-state index contributed by atoms with van der Waals surface area (Å²) in [6, 6.07) is 0. The molecule has 1 fully saturated rings. The Bertz CT molecular complexity index is 290. The third-order valence-electron chi connectivity index (χ3n) is 3.12. The number of rotatable bonds is 3. The highest BCUT2D eigenvalue weighted by atomic mass is 16.4. The molecule has 2 rings (SSSR count). The lowest BCUT2D eigenvalue weighted by atomic mass is 9.97. The summed E-state index contributed by atoms with van der Waals surface area (Å²) < 4.78 is 5.43. The van der Waals surface area contributed by atoms with Gasteiger partial charge in [0.15, 0.2) is 0 Å². The summed E-state index contributed by atoms with van der Waals surface area (Å²) >= 11 is 0. The summed E-state index contributed by atoms with van der Waals surface area (Å²) in [6.07, 6.45) is 9.02. The van der Waals surface area contributed by atoms with Gasteiger partial charge in [-0.25, -0.2) is 0 Å². The lowest BCUT2D eigenvalue weighted by molar-refractivity contribution is 0.380. The maximum atomic E-state index is 5.43. The zero-order chi connectivity index (χ0) is 10.5. The van der Waals surface area contributed by atoms with Crippen LogP contribution in [0.3, 0.4) is 0 Å². The summed E-state index contributed by atoms with van der Waals surface area (Å²) in [7, 11) is 0. The van der Waals surface area contributed by atoms with E-state index in [-0.39, 0.29) is 0 Å². The van der Waals surface area contributed by atoms with Gasteiger partial charge < -0.3 is 10.2 Å². The molecule has 0 radical (unpaired) electrons. The number of hydrogen-bond donors (Lipinski definition) is 1. The van der Waals surface area contributed by atoms with Crippen molar-refractivity contribution in [2.75, 3.05) is 0 Å². The zero-order valence-electron chi connectivity index (χ0n) is 9.11. The van der Waals surface area contributed by atoms with Crippen molar-refractivity contribution < 1.29 is 4.42 Å². The Kier molecular flexibility index (Phi) is 3.72. The minimum Gasteiger partial charge on any atom is -0.424 e. The second kappa shape index (κ2) is 5.26. The van der Waals surface area contributed by atoms with E-state index in [2.05, 4.69) is 10.2 Å². The molecule has 0 saturated heterocycles. The van der Waals surface area contributed by atoms with E-state index in [1.54, 1.807) is 0 Å². The van der Waals surface area contributed by atoms with Crippen molar-refractivity contribution >= 4 is 0 Å². The molecule has 1 saturated carbocycles. The van der Waals surface area contributed by atoms with Crippen molar-refractivity contribution in [2.24, 2.45) is 11.7 Å². The molecule has 15 heavy (non-hydrogen) atoms. The van der Waals surface area contributed by atoms with Crippen LogP contribution in [0, 0.1) is 5.92 Å². The molecule has 0 spiro atoms. The van der Waals surface area contributed by atoms with Crippen molar-refractivity contribution in [1.29, 1.82) is 0 Å². The third kappa shape index (κ3) is 3.02. The monoisotopic (exact) mass is 209 g/mol. The molecule has 0 aromatic carbocycles. The Morgan fingerprint density at radius 1 is 1.07 bits per heavy atom. The van der Waals surface area contributed by atoms with Crippen LogP contribution in [0.5, 0.6) is 0 Å². The molecular formula is C11H19N3O. The number of hydrogen-bond acceptors (Lipinski definition) is 4. The Hall–Kier alpha value is -0.900. The first-order valence-corrected chi connectivity index (χ1v) is 5.90. The first kappa shape index (κ1) is 10.6. The Balaban J connectivity index is 1.89. The van der Waals surface area contributed by atoms with Gasteiger partial charge in [-0.2, -0.15) is 0 Å². The molecule has 4 heteroatoms. The molecule has 1 aliphatic carbocycles. The van der Waals surface area contributed by atoms with Crippen molar-refractivity contribution in [2.45, 2.75) is 51.5 Å². The molecule has 4 nitrogen and oxygen atoms in total. The van der Waals surface area contributed by atoms with Gasteiger partial charge in [-0.05, 0) is 18.8 Å². The minimum atomic E-state index is 0.345. The van der Waals surface area contributed by atoms with E-state index in [1.807, 2.05) is 0 Å². The summed E-state index contributed by atoms with van der Waals surface area (Å²) in [5, 5.41) is 7.90. The first-order chi connectivity index (χ1) is 7.38. The molecule has 1 aromatic heterocycles. The number of nitrogens with two attached hydrogens (primary N) is 1. The highest BCUT2D eigenvalue weighted by molar-refractivity contribution is 4.84. The predicted molar refractivity (Wildman–Crippen MR) is 57.1 cm³/mol. The molecule has 0 aliphatic heterocycles. The number of aromatic nitrogens is 2. The maximum absolute atomic E-state index is 5.43. The molecule has 0 unspecified atom stereocenters.